The van der Waals surface area contributed by atoms with E-state index >= 15 is 0 Å². The fourth-order valence-corrected chi connectivity index (χ4v) is 4.59. The molecular weight excluding hydrogens is 490 g/mol. The Balaban J connectivity index is 2.39. The third-order valence-corrected chi connectivity index (χ3v) is 6.83. The lowest BCUT2D eigenvalue weighted by molar-refractivity contribution is -0.139. The van der Waals surface area contributed by atoms with Crippen LogP contribution in [0.25, 0.3) is 0 Å². The topological polar surface area (TPSA) is 96.0 Å². The first kappa shape index (κ1) is 28.5. The molecule has 2 aromatic carbocycles. The van der Waals surface area contributed by atoms with Crippen LogP contribution < -0.4 is 14.4 Å². The van der Waals surface area contributed by atoms with Crippen LogP contribution in [0.5, 0.6) is 5.75 Å². The number of amides is 2. The molecule has 1 atom stereocenters. The van der Waals surface area contributed by atoms with Gasteiger partial charge in [-0.1, -0.05) is 37.6 Å². The summed E-state index contributed by atoms with van der Waals surface area (Å²) in [6.07, 6.45) is 1.04. The van der Waals surface area contributed by atoms with Crippen molar-refractivity contribution in [1.29, 1.82) is 0 Å². The minimum Gasteiger partial charge on any atom is -0.497 e. The van der Waals surface area contributed by atoms with Gasteiger partial charge >= 0.3 is 0 Å². The Morgan fingerprint density at radius 2 is 1.71 bits per heavy atom. The van der Waals surface area contributed by atoms with Crippen LogP contribution >= 0.6 is 11.6 Å². The molecule has 0 heterocycles. The lowest BCUT2D eigenvalue weighted by Gasteiger charge is -2.32. The highest BCUT2D eigenvalue weighted by Gasteiger charge is 2.30. The molecule has 0 aliphatic carbocycles. The van der Waals surface area contributed by atoms with E-state index in [1.54, 1.807) is 63.4 Å². The Bertz CT molecular complexity index is 1140. The standard InChI is InChI=1S/C25H34ClN3O5S/c1-17(2)14-27-25(31)19(4)28(15-20-7-10-22(34-5)11-8-20)24(30)16-29(35(6,32)33)23-12-9-21(26)13-18(23)3/h7-13,17,19H,14-16H2,1-6H3,(H,27,31)/t19-/m0/s1. The second-order valence-electron chi connectivity index (χ2n) is 8.89. The number of carbonyl (C=O) groups is 2. The summed E-state index contributed by atoms with van der Waals surface area (Å²) in [5, 5.41) is 3.31. The van der Waals surface area contributed by atoms with Crippen molar-refractivity contribution < 1.29 is 22.7 Å². The Morgan fingerprint density at radius 3 is 2.23 bits per heavy atom. The molecule has 0 aliphatic heterocycles. The number of carbonyl (C=O) groups excluding carboxylic acids is 2. The summed E-state index contributed by atoms with van der Waals surface area (Å²) in [4.78, 5) is 27.8. The summed E-state index contributed by atoms with van der Waals surface area (Å²) < 4.78 is 31.6. The average Bonchev–Trinajstić information content (AvgIpc) is 2.79. The zero-order valence-electron chi connectivity index (χ0n) is 21.0. The highest BCUT2D eigenvalue weighted by Crippen LogP contribution is 2.26. The number of methoxy groups -OCH3 is 1. The van der Waals surface area contributed by atoms with Crippen molar-refractivity contribution in [2.24, 2.45) is 5.92 Å². The van der Waals surface area contributed by atoms with Crippen LogP contribution in [-0.2, 0) is 26.2 Å². The molecule has 35 heavy (non-hydrogen) atoms. The van der Waals surface area contributed by atoms with Crippen LogP contribution in [0.1, 0.15) is 31.9 Å². The molecule has 0 spiro atoms. The Kier molecular flexibility index (Phi) is 9.97. The van der Waals surface area contributed by atoms with Crippen LogP contribution in [0, 0.1) is 12.8 Å². The van der Waals surface area contributed by atoms with Crippen molar-refractivity contribution in [2.75, 3.05) is 30.8 Å². The third kappa shape index (κ3) is 8.14. The van der Waals surface area contributed by atoms with E-state index < -0.39 is 28.5 Å². The molecule has 0 aromatic heterocycles. The van der Waals surface area contributed by atoms with Gasteiger partial charge in [-0.15, -0.1) is 0 Å². The average molecular weight is 524 g/mol. The van der Waals surface area contributed by atoms with Crippen molar-refractivity contribution in [3.05, 3.63) is 58.6 Å². The Labute approximate surface area is 213 Å². The van der Waals surface area contributed by atoms with Gasteiger partial charge < -0.3 is 15.0 Å². The van der Waals surface area contributed by atoms with Crippen molar-refractivity contribution >= 4 is 39.1 Å². The largest absolute Gasteiger partial charge is 0.497 e. The molecule has 0 bridgehead atoms. The molecule has 0 fully saturated rings. The van der Waals surface area contributed by atoms with Crippen LogP contribution in [0.4, 0.5) is 5.69 Å². The normalized spacial score (nSPS) is 12.2. The molecule has 192 valence electrons. The van der Waals surface area contributed by atoms with Gasteiger partial charge in [-0.05, 0) is 61.2 Å². The van der Waals surface area contributed by atoms with Crippen molar-refractivity contribution in [1.82, 2.24) is 10.2 Å². The Morgan fingerprint density at radius 1 is 1.09 bits per heavy atom. The fraction of sp³-hybridized carbons (Fsp3) is 0.440. The maximum Gasteiger partial charge on any atom is 0.244 e. The van der Waals surface area contributed by atoms with Gasteiger partial charge in [0.05, 0.1) is 19.1 Å². The zero-order valence-corrected chi connectivity index (χ0v) is 22.6. The number of nitrogens with zero attached hydrogens (tertiary/aromatic N) is 2. The molecule has 2 amide bonds. The molecule has 10 heteroatoms. The number of ether oxygens (including phenoxy) is 1. The summed E-state index contributed by atoms with van der Waals surface area (Å²) in [5.74, 6) is 0.0863. The molecular formula is C25H34ClN3O5S. The number of rotatable bonds is 11. The van der Waals surface area contributed by atoms with E-state index in [0.29, 0.717) is 28.6 Å². The zero-order chi connectivity index (χ0) is 26.3. The first-order valence-electron chi connectivity index (χ1n) is 11.3. The second kappa shape index (κ2) is 12.3. The molecule has 0 radical (unpaired) electrons. The first-order valence-corrected chi connectivity index (χ1v) is 13.5. The van der Waals surface area contributed by atoms with Crippen LogP contribution in [-0.4, -0.2) is 57.6 Å². The van der Waals surface area contributed by atoms with Gasteiger partial charge in [-0.25, -0.2) is 8.42 Å². The van der Waals surface area contributed by atoms with E-state index in [9.17, 15) is 18.0 Å². The van der Waals surface area contributed by atoms with Gasteiger partial charge in [0.25, 0.3) is 0 Å². The predicted octanol–water partition coefficient (Wildman–Crippen LogP) is 3.61. The molecule has 1 N–H and O–H groups in total. The minimum absolute atomic E-state index is 0.121. The molecule has 0 saturated carbocycles. The van der Waals surface area contributed by atoms with E-state index in [2.05, 4.69) is 5.32 Å². The fourth-order valence-electron chi connectivity index (χ4n) is 3.46. The Hall–Kier alpha value is -2.78. The molecule has 0 saturated heterocycles. The summed E-state index contributed by atoms with van der Waals surface area (Å²) >= 11 is 6.04. The number of halogens is 1. The minimum atomic E-state index is -3.81. The smallest absolute Gasteiger partial charge is 0.244 e. The highest BCUT2D eigenvalue weighted by atomic mass is 35.5. The number of aryl methyl sites for hydroxylation is 1. The van der Waals surface area contributed by atoms with Gasteiger partial charge in [0, 0.05) is 18.1 Å². The van der Waals surface area contributed by atoms with Crippen LogP contribution in [0.15, 0.2) is 42.5 Å². The monoisotopic (exact) mass is 523 g/mol. The number of hydrogen-bond acceptors (Lipinski definition) is 5. The van der Waals surface area contributed by atoms with E-state index in [1.165, 1.54) is 4.90 Å². The number of sulfonamides is 1. The molecule has 2 rings (SSSR count). The summed E-state index contributed by atoms with van der Waals surface area (Å²) in [6, 6.07) is 11.1. The number of benzene rings is 2. The van der Waals surface area contributed by atoms with Gasteiger partial charge in [0.2, 0.25) is 21.8 Å². The molecule has 8 nitrogen and oxygen atoms in total. The molecule has 0 unspecified atom stereocenters. The lowest BCUT2D eigenvalue weighted by atomic mass is 10.1. The maximum atomic E-state index is 13.6. The predicted molar refractivity (Wildman–Crippen MR) is 139 cm³/mol. The lowest BCUT2D eigenvalue weighted by Crippen LogP contribution is -2.51. The van der Waals surface area contributed by atoms with Gasteiger partial charge in [-0.2, -0.15) is 0 Å². The van der Waals surface area contributed by atoms with E-state index in [0.717, 1.165) is 16.1 Å². The maximum absolute atomic E-state index is 13.6. The van der Waals surface area contributed by atoms with Crippen LogP contribution in [0.3, 0.4) is 0 Å². The van der Waals surface area contributed by atoms with E-state index in [4.69, 9.17) is 16.3 Å². The molecule has 0 aliphatic rings. The molecule has 2 aromatic rings. The quantitative estimate of drug-likeness (QED) is 0.485. The van der Waals surface area contributed by atoms with E-state index in [1.807, 2.05) is 13.8 Å². The highest BCUT2D eigenvalue weighted by molar-refractivity contribution is 7.92. The van der Waals surface area contributed by atoms with Gasteiger partial charge in [0.1, 0.15) is 18.3 Å². The summed E-state index contributed by atoms with van der Waals surface area (Å²) in [5.41, 5.74) is 1.74. The van der Waals surface area contributed by atoms with Crippen molar-refractivity contribution in [2.45, 2.75) is 40.3 Å². The number of nitrogens with one attached hydrogen (secondary N) is 1. The van der Waals surface area contributed by atoms with Gasteiger partial charge in [-0.3, -0.25) is 13.9 Å². The van der Waals surface area contributed by atoms with Crippen LogP contribution in [0.2, 0.25) is 5.02 Å². The number of hydrogen-bond donors (Lipinski definition) is 1. The van der Waals surface area contributed by atoms with Crippen molar-refractivity contribution in [3.63, 3.8) is 0 Å². The van der Waals surface area contributed by atoms with E-state index in [-0.39, 0.29) is 18.4 Å². The summed E-state index contributed by atoms with van der Waals surface area (Å²) in [7, 11) is -2.25. The second-order valence-corrected chi connectivity index (χ2v) is 11.2. The summed E-state index contributed by atoms with van der Waals surface area (Å²) in [6.45, 7) is 7.44. The SMILES string of the molecule is COc1ccc(CN(C(=O)CN(c2ccc(Cl)cc2C)S(C)(=O)=O)[C@@H](C)C(=O)NCC(C)C)cc1. The first-order chi connectivity index (χ1) is 16.3. The van der Waals surface area contributed by atoms with Crippen molar-refractivity contribution in [3.8, 4) is 5.75 Å². The number of anilines is 1. The third-order valence-electron chi connectivity index (χ3n) is 5.47. The van der Waals surface area contributed by atoms with Gasteiger partial charge in [0.15, 0.2) is 0 Å².